The highest BCUT2D eigenvalue weighted by atomic mass is 15.4. The van der Waals surface area contributed by atoms with Crippen molar-refractivity contribution in [2.75, 3.05) is 0 Å². The Bertz CT molecular complexity index is 463. The van der Waals surface area contributed by atoms with E-state index in [9.17, 15) is 0 Å². The summed E-state index contributed by atoms with van der Waals surface area (Å²) in [5, 5.41) is 8.30. The van der Waals surface area contributed by atoms with Crippen molar-refractivity contribution in [3.8, 4) is 11.3 Å². The van der Waals surface area contributed by atoms with Crippen molar-refractivity contribution in [2.24, 2.45) is 5.73 Å². The number of aromatic nitrogens is 4. The number of hydrogen-bond acceptors (Lipinski definition) is 4. The molecule has 5 heteroatoms. The topological polar surface area (TPSA) is 69.6 Å². The van der Waals surface area contributed by atoms with Crippen molar-refractivity contribution < 1.29 is 0 Å². The Hall–Kier alpha value is -1.75. The summed E-state index contributed by atoms with van der Waals surface area (Å²) in [5.41, 5.74) is 8.63. The molecule has 0 aliphatic heterocycles. The van der Waals surface area contributed by atoms with Gasteiger partial charge in [-0.15, -0.1) is 5.10 Å². The maximum Gasteiger partial charge on any atom is 0.104 e. The zero-order valence-electron chi connectivity index (χ0n) is 10.0. The molecule has 2 heterocycles. The van der Waals surface area contributed by atoms with Crippen molar-refractivity contribution in [3.05, 3.63) is 30.2 Å². The minimum Gasteiger partial charge on any atom is -0.325 e. The molecule has 2 aromatic heterocycles. The van der Waals surface area contributed by atoms with Gasteiger partial charge in [0, 0.05) is 31.0 Å². The van der Waals surface area contributed by atoms with E-state index in [1.807, 2.05) is 16.8 Å². The Labute approximate surface area is 101 Å². The smallest absolute Gasteiger partial charge is 0.104 e. The lowest BCUT2D eigenvalue weighted by atomic mass is 10.1. The van der Waals surface area contributed by atoms with Gasteiger partial charge in [-0.2, -0.15) is 0 Å². The summed E-state index contributed by atoms with van der Waals surface area (Å²) in [6.45, 7) is 3.44. The van der Waals surface area contributed by atoms with Crippen LogP contribution >= 0.6 is 0 Å². The van der Waals surface area contributed by atoms with Crippen LogP contribution < -0.4 is 5.73 Å². The van der Waals surface area contributed by atoms with Crippen molar-refractivity contribution in [1.29, 1.82) is 0 Å². The summed E-state index contributed by atoms with van der Waals surface area (Å²) in [5.74, 6) is 0. The summed E-state index contributed by atoms with van der Waals surface area (Å²) in [6, 6.07) is 3.92. The van der Waals surface area contributed by atoms with Gasteiger partial charge in [0.15, 0.2) is 0 Å². The predicted molar refractivity (Wildman–Crippen MR) is 66.1 cm³/mol. The fourth-order valence-electron chi connectivity index (χ4n) is 1.78. The lowest BCUT2D eigenvalue weighted by Gasteiger charge is -2.06. The van der Waals surface area contributed by atoms with E-state index in [2.05, 4.69) is 22.2 Å². The van der Waals surface area contributed by atoms with Crippen LogP contribution in [0.3, 0.4) is 0 Å². The van der Waals surface area contributed by atoms with Gasteiger partial charge in [-0.05, 0) is 18.6 Å². The Kier molecular flexibility index (Phi) is 3.82. The molecule has 0 aromatic carbocycles. The molecule has 17 heavy (non-hydrogen) atoms. The number of aryl methyl sites for hydroxylation is 1. The minimum absolute atomic E-state index is 0.407. The third kappa shape index (κ3) is 2.50. The SMILES string of the molecule is CCCCn1nnc(CN)c1-c1ccncc1. The molecule has 2 rings (SSSR count). The first-order valence-electron chi connectivity index (χ1n) is 5.89. The number of pyridine rings is 1. The summed E-state index contributed by atoms with van der Waals surface area (Å²) >= 11 is 0. The Morgan fingerprint density at radius 3 is 2.71 bits per heavy atom. The standard InChI is InChI=1S/C12H17N5/c1-2-3-8-17-12(11(9-13)15-16-17)10-4-6-14-7-5-10/h4-7H,2-3,8-9,13H2,1H3. The van der Waals surface area contributed by atoms with Crippen LogP contribution in [0.15, 0.2) is 24.5 Å². The Balaban J connectivity index is 2.39. The molecule has 0 fully saturated rings. The number of nitrogens with two attached hydrogens (primary N) is 1. The largest absolute Gasteiger partial charge is 0.325 e. The van der Waals surface area contributed by atoms with Crippen LogP contribution in [-0.4, -0.2) is 20.0 Å². The minimum atomic E-state index is 0.407. The maximum atomic E-state index is 5.70. The van der Waals surface area contributed by atoms with Crippen molar-refractivity contribution in [3.63, 3.8) is 0 Å². The average Bonchev–Trinajstić information content (AvgIpc) is 2.80. The van der Waals surface area contributed by atoms with Gasteiger partial charge in [0.2, 0.25) is 0 Å². The first-order valence-corrected chi connectivity index (χ1v) is 5.89. The second kappa shape index (κ2) is 5.54. The molecular formula is C12H17N5. The second-order valence-electron chi connectivity index (χ2n) is 3.90. The third-order valence-electron chi connectivity index (χ3n) is 2.68. The summed E-state index contributed by atoms with van der Waals surface area (Å²) in [4.78, 5) is 4.02. The van der Waals surface area contributed by atoms with Gasteiger partial charge in [-0.25, -0.2) is 4.68 Å². The van der Waals surface area contributed by atoms with Crippen LogP contribution in [0.2, 0.25) is 0 Å². The summed E-state index contributed by atoms with van der Waals surface area (Å²) < 4.78 is 1.93. The predicted octanol–water partition coefficient (Wildman–Crippen LogP) is 1.60. The van der Waals surface area contributed by atoms with Crippen LogP contribution in [-0.2, 0) is 13.1 Å². The lowest BCUT2D eigenvalue weighted by molar-refractivity contribution is 0.557. The molecule has 0 radical (unpaired) electrons. The van der Waals surface area contributed by atoms with Crippen LogP contribution in [0.1, 0.15) is 25.5 Å². The van der Waals surface area contributed by atoms with E-state index in [1.54, 1.807) is 12.4 Å². The van der Waals surface area contributed by atoms with Crippen LogP contribution in [0, 0.1) is 0 Å². The summed E-state index contributed by atoms with van der Waals surface area (Å²) in [7, 11) is 0. The number of hydrogen-bond donors (Lipinski definition) is 1. The van der Waals surface area contributed by atoms with Crippen LogP contribution in [0.4, 0.5) is 0 Å². The van der Waals surface area contributed by atoms with E-state index >= 15 is 0 Å². The normalized spacial score (nSPS) is 10.7. The maximum absolute atomic E-state index is 5.70. The zero-order chi connectivity index (χ0) is 12.1. The van der Waals surface area contributed by atoms with Crippen LogP contribution in [0.5, 0.6) is 0 Å². The fourth-order valence-corrected chi connectivity index (χ4v) is 1.78. The highest BCUT2D eigenvalue weighted by molar-refractivity contribution is 5.61. The second-order valence-corrected chi connectivity index (χ2v) is 3.90. The highest BCUT2D eigenvalue weighted by Gasteiger charge is 2.12. The molecule has 2 N–H and O–H groups in total. The van der Waals surface area contributed by atoms with E-state index in [1.165, 1.54) is 0 Å². The molecule has 90 valence electrons. The van der Waals surface area contributed by atoms with Crippen molar-refractivity contribution >= 4 is 0 Å². The van der Waals surface area contributed by atoms with Crippen molar-refractivity contribution in [1.82, 2.24) is 20.0 Å². The van der Waals surface area contributed by atoms with E-state index in [0.29, 0.717) is 6.54 Å². The van der Waals surface area contributed by atoms with E-state index in [4.69, 9.17) is 5.73 Å². The number of nitrogens with zero attached hydrogens (tertiary/aromatic N) is 4. The van der Waals surface area contributed by atoms with Gasteiger partial charge in [-0.1, -0.05) is 18.6 Å². The molecule has 0 atom stereocenters. The molecule has 2 aromatic rings. The van der Waals surface area contributed by atoms with Gasteiger partial charge in [-0.3, -0.25) is 4.98 Å². The first-order chi connectivity index (χ1) is 8.36. The quantitative estimate of drug-likeness (QED) is 0.848. The summed E-state index contributed by atoms with van der Waals surface area (Å²) in [6.07, 6.45) is 5.76. The van der Waals surface area contributed by atoms with Gasteiger partial charge in [0.05, 0.1) is 5.69 Å². The van der Waals surface area contributed by atoms with Gasteiger partial charge in [0.1, 0.15) is 5.69 Å². The third-order valence-corrected chi connectivity index (χ3v) is 2.68. The molecule has 0 aliphatic rings. The molecule has 0 saturated heterocycles. The molecule has 0 bridgehead atoms. The molecule has 5 nitrogen and oxygen atoms in total. The number of rotatable bonds is 5. The highest BCUT2D eigenvalue weighted by Crippen LogP contribution is 2.21. The van der Waals surface area contributed by atoms with E-state index in [0.717, 1.165) is 36.3 Å². The molecular weight excluding hydrogens is 214 g/mol. The van der Waals surface area contributed by atoms with E-state index < -0.39 is 0 Å². The first kappa shape index (κ1) is 11.7. The molecule has 0 unspecified atom stereocenters. The molecule has 0 saturated carbocycles. The molecule has 0 amide bonds. The lowest BCUT2D eigenvalue weighted by Crippen LogP contribution is -2.04. The Morgan fingerprint density at radius 1 is 1.29 bits per heavy atom. The molecule has 0 aliphatic carbocycles. The van der Waals surface area contributed by atoms with E-state index in [-0.39, 0.29) is 0 Å². The van der Waals surface area contributed by atoms with Gasteiger partial charge in [0.25, 0.3) is 0 Å². The molecule has 0 spiro atoms. The van der Waals surface area contributed by atoms with Gasteiger partial charge >= 0.3 is 0 Å². The van der Waals surface area contributed by atoms with Crippen molar-refractivity contribution in [2.45, 2.75) is 32.9 Å². The number of unbranched alkanes of at least 4 members (excludes halogenated alkanes) is 1. The zero-order valence-corrected chi connectivity index (χ0v) is 10.0. The van der Waals surface area contributed by atoms with Gasteiger partial charge < -0.3 is 5.73 Å². The monoisotopic (exact) mass is 231 g/mol. The average molecular weight is 231 g/mol. The fraction of sp³-hybridized carbons (Fsp3) is 0.417. The Morgan fingerprint density at radius 2 is 2.06 bits per heavy atom. The van der Waals surface area contributed by atoms with Crippen LogP contribution in [0.25, 0.3) is 11.3 Å².